The molecule has 20 heavy (non-hydrogen) atoms. The average Bonchev–Trinajstić information content (AvgIpc) is 2.52. The van der Waals surface area contributed by atoms with Crippen molar-refractivity contribution in [3.63, 3.8) is 0 Å². The highest BCUT2D eigenvalue weighted by molar-refractivity contribution is 5.38. The van der Waals surface area contributed by atoms with Gasteiger partial charge in [-0.15, -0.1) is 0 Å². The molecule has 0 fully saturated rings. The van der Waals surface area contributed by atoms with E-state index in [0.717, 1.165) is 29.0 Å². The molecule has 3 nitrogen and oxygen atoms in total. The molecule has 0 aliphatic heterocycles. The summed E-state index contributed by atoms with van der Waals surface area (Å²) in [5.41, 5.74) is 1.61. The van der Waals surface area contributed by atoms with Crippen molar-refractivity contribution in [3.8, 4) is 11.5 Å². The van der Waals surface area contributed by atoms with Gasteiger partial charge in [-0.05, 0) is 41.8 Å². The fraction of sp³-hybridized carbons (Fsp3) is 0.294. The second-order valence-corrected chi connectivity index (χ2v) is 4.60. The first kappa shape index (κ1) is 14.4. The summed E-state index contributed by atoms with van der Waals surface area (Å²) in [7, 11) is 1.62. The third kappa shape index (κ3) is 3.52. The van der Waals surface area contributed by atoms with Crippen LogP contribution in [-0.2, 0) is 0 Å². The van der Waals surface area contributed by atoms with E-state index in [1.807, 2.05) is 48.5 Å². The fourth-order valence-corrected chi connectivity index (χ4v) is 2.00. The molecule has 0 amide bonds. The summed E-state index contributed by atoms with van der Waals surface area (Å²) in [5, 5.41) is 10.5. The van der Waals surface area contributed by atoms with Gasteiger partial charge in [-0.25, -0.2) is 0 Å². The van der Waals surface area contributed by atoms with Crippen LogP contribution in [0, 0.1) is 0 Å². The maximum Gasteiger partial charge on any atom is 0.119 e. The zero-order valence-corrected chi connectivity index (χ0v) is 11.9. The molecule has 0 bridgehead atoms. The Balaban J connectivity index is 2.21. The Labute approximate surface area is 119 Å². The van der Waals surface area contributed by atoms with E-state index in [-0.39, 0.29) is 0 Å². The second kappa shape index (κ2) is 6.96. The van der Waals surface area contributed by atoms with Gasteiger partial charge >= 0.3 is 0 Å². The molecule has 1 N–H and O–H groups in total. The predicted molar refractivity (Wildman–Crippen MR) is 79.3 cm³/mol. The fourth-order valence-electron chi connectivity index (χ4n) is 2.00. The molecule has 0 radical (unpaired) electrons. The smallest absolute Gasteiger partial charge is 0.119 e. The highest BCUT2D eigenvalue weighted by atomic mass is 16.5. The molecule has 2 aromatic carbocycles. The van der Waals surface area contributed by atoms with Gasteiger partial charge in [-0.2, -0.15) is 0 Å². The summed E-state index contributed by atoms with van der Waals surface area (Å²) in [6.07, 6.45) is 0.276. The monoisotopic (exact) mass is 272 g/mol. The van der Waals surface area contributed by atoms with Gasteiger partial charge in [0.15, 0.2) is 0 Å². The van der Waals surface area contributed by atoms with Crippen molar-refractivity contribution < 1.29 is 14.6 Å². The molecule has 1 unspecified atom stereocenters. The number of hydrogen-bond acceptors (Lipinski definition) is 3. The SMILES string of the molecule is CCCOc1cccc(C(O)c2cccc(OC)c2)c1. The number of methoxy groups -OCH3 is 1. The Hall–Kier alpha value is -2.00. The van der Waals surface area contributed by atoms with Crippen LogP contribution in [0.4, 0.5) is 0 Å². The molecule has 2 aromatic rings. The van der Waals surface area contributed by atoms with Crippen LogP contribution in [0.1, 0.15) is 30.6 Å². The van der Waals surface area contributed by atoms with E-state index in [4.69, 9.17) is 9.47 Å². The van der Waals surface area contributed by atoms with Gasteiger partial charge < -0.3 is 14.6 Å². The van der Waals surface area contributed by atoms with Gasteiger partial charge in [-0.1, -0.05) is 31.2 Å². The van der Waals surface area contributed by atoms with Crippen LogP contribution in [0.2, 0.25) is 0 Å². The van der Waals surface area contributed by atoms with E-state index >= 15 is 0 Å². The van der Waals surface area contributed by atoms with Crippen LogP contribution in [-0.4, -0.2) is 18.8 Å². The Morgan fingerprint density at radius 3 is 2.20 bits per heavy atom. The largest absolute Gasteiger partial charge is 0.497 e. The second-order valence-electron chi connectivity index (χ2n) is 4.60. The molecule has 0 saturated heterocycles. The van der Waals surface area contributed by atoms with Gasteiger partial charge in [0.25, 0.3) is 0 Å². The van der Waals surface area contributed by atoms with Gasteiger partial charge in [0, 0.05) is 0 Å². The number of rotatable bonds is 6. The van der Waals surface area contributed by atoms with Crippen molar-refractivity contribution in [2.45, 2.75) is 19.4 Å². The van der Waals surface area contributed by atoms with E-state index in [1.54, 1.807) is 7.11 Å². The molecule has 0 aliphatic carbocycles. The zero-order valence-electron chi connectivity index (χ0n) is 11.9. The van der Waals surface area contributed by atoms with Crippen molar-refractivity contribution >= 4 is 0 Å². The van der Waals surface area contributed by atoms with Crippen LogP contribution < -0.4 is 9.47 Å². The number of aliphatic hydroxyl groups excluding tert-OH is 1. The highest BCUT2D eigenvalue weighted by Gasteiger charge is 2.12. The number of hydrogen-bond donors (Lipinski definition) is 1. The molecular formula is C17H20O3. The summed E-state index contributed by atoms with van der Waals surface area (Å²) in [6, 6.07) is 15.0. The minimum Gasteiger partial charge on any atom is -0.497 e. The van der Waals surface area contributed by atoms with E-state index < -0.39 is 6.10 Å². The van der Waals surface area contributed by atoms with Crippen molar-refractivity contribution in [1.82, 2.24) is 0 Å². The Morgan fingerprint density at radius 1 is 1.00 bits per heavy atom. The Bertz CT molecular complexity index is 551. The summed E-state index contributed by atoms with van der Waals surface area (Å²) in [4.78, 5) is 0. The quantitative estimate of drug-likeness (QED) is 0.873. The molecule has 0 aromatic heterocycles. The van der Waals surface area contributed by atoms with Gasteiger partial charge in [0.05, 0.1) is 13.7 Å². The third-order valence-electron chi connectivity index (χ3n) is 3.06. The zero-order chi connectivity index (χ0) is 14.4. The average molecular weight is 272 g/mol. The lowest BCUT2D eigenvalue weighted by atomic mass is 10.0. The van der Waals surface area contributed by atoms with E-state index in [9.17, 15) is 5.11 Å². The molecule has 0 heterocycles. The van der Waals surface area contributed by atoms with Gasteiger partial charge in [0.2, 0.25) is 0 Å². The Kier molecular flexibility index (Phi) is 5.02. The van der Waals surface area contributed by atoms with Crippen molar-refractivity contribution in [3.05, 3.63) is 59.7 Å². The van der Waals surface area contributed by atoms with Crippen molar-refractivity contribution in [2.75, 3.05) is 13.7 Å². The molecule has 106 valence electrons. The maximum absolute atomic E-state index is 10.5. The lowest BCUT2D eigenvalue weighted by Gasteiger charge is -2.14. The summed E-state index contributed by atoms with van der Waals surface area (Å²) >= 11 is 0. The molecule has 0 spiro atoms. The van der Waals surface area contributed by atoms with Crippen LogP contribution in [0.15, 0.2) is 48.5 Å². The lowest BCUT2D eigenvalue weighted by molar-refractivity contribution is 0.219. The lowest BCUT2D eigenvalue weighted by Crippen LogP contribution is -2.01. The first-order chi connectivity index (χ1) is 9.74. The predicted octanol–water partition coefficient (Wildman–Crippen LogP) is 3.57. The van der Waals surface area contributed by atoms with E-state index in [1.165, 1.54) is 0 Å². The van der Waals surface area contributed by atoms with Crippen LogP contribution in [0.25, 0.3) is 0 Å². The van der Waals surface area contributed by atoms with E-state index in [0.29, 0.717) is 6.61 Å². The summed E-state index contributed by atoms with van der Waals surface area (Å²) in [6.45, 7) is 2.74. The summed E-state index contributed by atoms with van der Waals surface area (Å²) < 4.78 is 10.8. The van der Waals surface area contributed by atoms with Crippen LogP contribution in [0.5, 0.6) is 11.5 Å². The standard InChI is InChI=1S/C17H20O3/c1-3-10-20-16-9-5-7-14(12-16)17(18)13-6-4-8-15(11-13)19-2/h4-9,11-12,17-18H,3,10H2,1-2H3. The number of ether oxygens (including phenoxy) is 2. The highest BCUT2D eigenvalue weighted by Crippen LogP contribution is 2.27. The maximum atomic E-state index is 10.5. The molecule has 2 rings (SSSR count). The first-order valence-corrected chi connectivity index (χ1v) is 6.79. The molecule has 0 saturated carbocycles. The van der Waals surface area contributed by atoms with Gasteiger partial charge in [0.1, 0.15) is 17.6 Å². The topological polar surface area (TPSA) is 38.7 Å². The molecule has 3 heteroatoms. The normalized spacial score (nSPS) is 11.9. The van der Waals surface area contributed by atoms with Crippen LogP contribution >= 0.6 is 0 Å². The first-order valence-electron chi connectivity index (χ1n) is 6.79. The van der Waals surface area contributed by atoms with Crippen molar-refractivity contribution in [1.29, 1.82) is 0 Å². The molecule has 1 atom stereocenters. The van der Waals surface area contributed by atoms with Gasteiger partial charge in [-0.3, -0.25) is 0 Å². The summed E-state index contributed by atoms with van der Waals surface area (Å²) in [5.74, 6) is 1.52. The molecule has 0 aliphatic rings. The van der Waals surface area contributed by atoms with E-state index in [2.05, 4.69) is 6.92 Å². The third-order valence-corrected chi connectivity index (χ3v) is 3.06. The van der Waals surface area contributed by atoms with Crippen molar-refractivity contribution in [2.24, 2.45) is 0 Å². The number of benzene rings is 2. The Morgan fingerprint density at radius 2 is 1.60 bits per heavy atom. The number of aliphatic hydroxyl groups is 1. The van der Waals surface area contributed by atoms with Crippen LogP contribution in [0.3, 0.4) is 0 Å². The molecular weight excluding hydrogens is 252 g/mol. The minimum absolute atomic E-state index is 0.679. The minimum atomic E-state index is -0.685.